The third-order valence-electron chi connectivity index (χ3n) is 2.92. The minimum Gasteiger partial charge on any atom is -0.382 e. The largest absolute Gasteiger partial charge is 0.382 e. The highest BCUT2D eigenvalue weighted by Gasteiger charge is 2.08. The van der Waals surface area contributed by atoms with E-state index in [0.717, 1.165) is 24.3 Å². The zero-order valence-electron chi connectivity index (χ0n) is 12.0. The van der Waals surface area contributed by atoms with Crippen LogP contribution in [0.4, 0.5) is 5.69 Å². The number of thiazole rings is 1. The summed E-state index contributed by atoms with van der Waals surface area (Å²) >= 11 is 4.94. The molecule has 0 aromatic carbocycles. The van der Waals surface area contributed by atoms with Gasteiger partial charge in [0.1, 0.15) is 4.47 Å². The summed E-state index contributed by atoms with van der Waals surface area (Å²) in [5, 5.41) is 9.44. The number of nitrogens with one attached hydrogen (secondary N) is 1. The molecule has 0 radical (unpaired) electrons. The zero-order valence-corrected chi connectivity index (χ0v) is 14.4. The van der Waals surface area contributed by atoms with Crippen molar-refractivity contribution in [3.8, 4) is 0 Å². The molecule has 2 heterocycles. The molecule has 21 heavy (non-hydrogen) atoms. The van der Waals surface area contributed by atoms with Gasteiger partial charge in [-0.1, -0.05) is 0 Å². The fourth-order valence-corrected chi connectivity index (χ4v) is 2.77. The zero-order chi connectivity index (χ0) is 15.2. The second kappa shape index (κ2) is 7.67. The normalized spacial score (nSPS) is 11.0. The molecule has 2 aromatic rings. The van der Waals surface area contributed by atoms with Crippen molar-refractivity contribution in [2.45, 2.75) is 13.0 Å². The van der Waals surface area contributed by atoms with Crippen molar-refractivity contribution in [1.82, 2.24) is 19.7 Å². The van der Waals surface area contributed by atoms with Gasteiger partial charge in [-0.15, -0.1) is 11.3 Å². The molecule has 0 fully saturated rings. The van der Waals surface area contributed by atoms with Crippen molar-refractivity contribution in [3.63, 3.8) is 0 Å². The molecule has 114 valence electrons. The summed E-state index contributed by atoms with van der Waals surface area (Å²) in [5.41, 5.74) is 3.47. The van der Waals surface area contributed by atoms with Crippen molar-refractivity contribution in [3.05, 3.63) is 37.6 Å². The topological polar surface area (TPSA) is 63.1 Å². The van der Waals surface area contributed by atoms with E-state index in [1.165, 1.54) is 4.68 Å². The van der Waals surface area contributed by atoms with Crippen LogP contribution in [0.15, 0.2) is 26.4 Å². The van der Waals surface area contributed by atoms with Gasteiger partial charge in [-0.2, -0.15) is 5.10 Å². The smallest absolute Gasteiger partial charge is 0.283 e. The first kappa shape index (κ1) is 16.1. The van der Waals surface area contributed by atoms with Crippen LogP contribution >= 0.6 is 27.3 Å². The monoisotopic (exact) mass is 371 g/mol. The summed E-state index contributed by atoms with van der Waals surface area (Å²) < 4.78 is 1.99. The molecule has 8 heteroatoms. The van der Waals surface area contributed by atoms with Crippen LogP contribution in [0.25, 0.3) is 0 Å². The lowest BCUT2D eigenvalue weighted by Gasteiger charge is -2.12. The maximum absolute atomic E-state index is 12.2. The van der Waals surface area contributed by atoms with Crippen molar-refractivity contribution < 1.29 is 0 Å². The molecule has 0 aliphatic carbocycles. The Kier molecular flexibility index (Phi) is 5.89. The lowest BCUT2D eigenvalue weighted by atomic mass is 10.3. The van der Waals surface area contributed by atoms with Gasteiger partial charge in [0.2, 0.25) is 0 Å². The first-order chi connectivity index (χ1) is 10.1. The van der Waals surface area contributed by atoms with Gasteiger partial charge in [-0.25, -0.2) is 9.67 Å². The van der Waals surface area contributed by atoms with E-state index in [1.54, 1.807) is 17.5 Å². The highest BCUT2D eigenvalue weighted by Crippen LogP contribution is 2.16. The standard InChI is InChI=1S/C13H18BrN5OS/c1-18(2)5-6-19-13(20)12(14)11(7-17-19)15-4-3-10-8-21-9-16-10/h7-9,15H,3-6H2,1-2H3. The van der Waals surface area contributed by atoms with Gasteiger partial charge in [0, 0.05) is 24.9 Å². The molecule has 0 aliphatic heterocycles. The molecular weight excluding hydrogens is 354 g/mol. The predicted molar refractivity (Wildman–Crippen MR) is 89.1 cm³/mol. The molecule has 0 bridgehead atoms. The number of nitrogens with zero attached hydrogens (tertiary/aromatic N) is 4. The highest BCUT2D eigenvalue weighted by atomic mass is 79.9. The number of aromatic nitrogens is 3. The average molecular weight is 372 g/mol. The third-order valence-corrected chi connectivity index (χ3v) is 4.33. The molecular formula is C13H18BrN5OS. The number of anilines is 1. The van der Waals surface area contributed by atoms with Gasteiger partial charge in [0.15, 0.2) is 0 Å². The molecule has 0 spiro atoms. The summed E-state index contributed by atoms with van der Waals surface area (Å²) in [4.78, 5) is 18.4. The lowest BCUT2D eigenvalue weighted by molar-refractivity contribution is 0.367. The fourth-order valence-electron chi connectivity index (χ4n) is 1.73. The van der Waals surface area contributed by atoms with Crippen molar-refractivity contribution in [2.24, 2.45) is 0 Å². The summed E-state index contributed by atoms with van der Waals surface area (Å²) in [6.07, 6.45) is 2.50. The van der Waals surface area contributed by atoms with Gasteiger partial charge in [0.25, 0.3) is 5.56 Å². The van der Waals surface area contributed by atoms with Crippen molar-refractivity contribution >= 4 is 33.0 Å². The maximum Gasteiger partial charge on any atom is 0.283 e. The van der Waals surface area contributed by atoms with Crippen LogP contribution < -0.4 is 10.9 Å². The van der Waals surface area contributed by atoms with E-state index < -0.39 is 0 Å². The molecule has 2 rings (SSSR count). The number of hydrogen-bond donors (Lipinski definition) is 1. The number of hydrogen-bond acceptors (Lipinski definition) is 6. The van der Waals surface area contributed by atoms with E-state index in [2.05, 4.69) is 31.3 Å². The summed E-state index contributed by atoms with van der Waals surface area (Å²) in [6.45, 7) is 2.06. The van der Waals surface area contributed by atoms with E-state index in [9.17, 15) is 4.79 Å². The van der Waals surface area contributed by atoms with Crippen LogP contribution in [0.3, 0.4) is 0 Å². The third kappa shape index (κ3) is 4.62. The Balaban J connectivity index is 1.97. The molecule has 2 aromatic heterocycles. The SMILES string of the molecule is CN(C)CCn1ncc(NCCc2cscn2)c(Br)c1=O. The van der Waals surface area contributed by atoms with Crippen LogP contribution in [0, 0.1) is 0 Å². The number of halogens is 1. The van der Waals surface area contributed by atoms with Crippen molar-refractivity contribution in [1.29, 1.82) is 0 Å². The lowest BCUT2D eigenvalue weighted by Crippen LogP contribution is -2.29. The number of likely N-dealkylation sites (N-methyl/N-ethyl adjacent to an activating group) is 1. The molecule has 6 nitrogen and oxygen atoms in total. The fraction of sp³-hybridized carbons (Fsp3) is 0.462. The quantitative estimate of drug-likeness (QED) is 0.801. The molecule has 0 amide bonds. The van der Waals surface area contributed by atoms with Crippen molar-refractivity contribution in [2.75, 3.05) is 32.5 Å². The van der Waals surface area contributed by atoms with Gasteiger partial charge in [0.05, 0.1) is 29.6 Å². The van der Waals surface area contributed by atoms with E-state index in [1.807, 2.05) is 29.9 Å². The van der Waals surface area contributed by atoms with Crippen LogP contribution in [0.5, 0.6) is 0 Å². The van der Waals surface area contributed by atoms with Crippen LogP contribution in [0.1, 0.15) is 5.69 Å². The summed E-state index contributed by atoms with van der Waals surface area (Å²) in [7, 11) is 3.93. The molecule has 0 unspecified atom stereocenters. The Bertz CT molecular complexity index is 626. The minimum atomic E-state index is -0.115. The summed E-state index contributed by atoms with van der Waals surface area (Å²) in [5.74, 6) is 0. The maximum atomic E-state index is 12.2. The Morgan fingerprint density at radius 3 is 2.95 bits per heavy atom. The predicted octanol–water partition coefficient (Wildman–Crippen LogP) is 1.68. The molecule has 0 atom stereocenters. The molecule has 0 saturated heterocycles. The number of rotatable bonds is 7. The molecule has 0 aliphatic rings. The Morgan fingerprint density at radius 2 is 2.29 bits per heavy atom. The highest BCUT2D eigenvalue weighted by molar-refractivity contribution is 9.10. The summed E-state index contributed by atoms with van der Waals surface area (Å²) in [6, 6.07) is 0. The first-order valence-corrected chi connectivity index (χ1v) is 8.33. The molecule has 0 saturated carbocycles. The van der Waals surface area contributed by atoms with Gasteiger partial charge in [-0.05, 0) is 30.0 Å². The van der Waals surface area contributed by atoms with E-state index in [0.29, 0.717) is 17.6 Å². The van der Waals surface area contributed by atoms with E-state index in [-0.39, 0.29) is 5.56 Å². The Morgan fingerprint density at radius 1 is 1.48 bits per heavy atom. The average Bonchev–Trinajstić information content (AvgIpc) is 2.95. The molecule has 1 N–H and O–H groups in total. The second-order valence-electron chi connectivity index (χ2n) is 4.86. The van der Waals surface area contributed by atoms with Crippen LogP contribution in [-0.2, 0) is 13.0 Å². The Labute approximate surface area is 135 Å². The van der Waals surface area contributed by atoms with Crippen LogP contribution in [0.2, 0.25) is 0 Å². The first-order valence-electron chi connectivity index (χ1n) is 6.59. The second-order valence-corrected chi connectivity index (χ2v) is 6.37. The van der Waals surface area contributed by atoms with Crippen LogP contribution in [-0.4, -0.2) is 46.8 Å². The van der Waals surface area contributed by atoms with E-state index in [4.69, 9.17) is 0 Å². The van der Waals surface area contributed by atoms with Gasteiger partial charge < -0.3 is 10.2 Å². The van der Waals surface area contributed by atoms with E-state index >= 15 is 0 Å². The Hall–Kier alpha value is -1.25. The minimum absolute atomic E-state index is 0.115. The van der Waals surface area contributed by atoms with Gasteiger partial charge in [-0.3, -0.25) is 4.79 Å². The van der Waals surface area contributed by atoms with Gasteiger partial charge >= 0.3 is 0 Å².